The van der Waals surface area contributed by atoms with Crippen molar-refractivity contribution in [3.05, 3.63) is 59.9 Å². The summed E-state index contributed by atoms with van der Waals surface area (Å²) in [6, 6.07) is 12.1. The Morgan fingerprint density at radius 3 is 2.48 bits per heavy atom. The van der Waals surface area contributed by atoms with Crippen LogP contribution in [0.3, 0.4) is 0 Å². The van der Waals surface area contributed by atoms with Gasteiger partial charge >= 0.3 is 12.2 Å². The number of carbonyl (C=O) groups is 2. The first kappa shape index (κ1) is 18.7. The summed E-state index contributed by atoms with van der Waals surface area (Å²) in [6.07, 6.45) is -4.54. The first-order chi connectivity index (χ1) is 12.8. The molecule has 0 aliphatic carbocycles. The number of para-hydroxylation sites is 1. The van der Waals surface area contributed by atoms with Gasteiger partial charge in [-0.15, -0.1) is 0 Å². The molecular weight excluding hydrogens is 361 g/mol. The summed E-state index contributed by atoms with van der Waals surface area (Å²) in [5.41, 5.74) is -0.163. The Morgan fingerprint density at radius 2 is 1.81 bits per heavy atom. The molecule has 6 nitrogen and oxygen atoms in total. The Morgan fingerprint density at radius 1 is 1.07 bits per heavy atom. The maximum absolute atomic E-state index is 12.7. The Hall–Kier alpha value is -3.10. The molecule has 0 bridgehead atoms. The van der Waals surface area contributed by atoms with E-state index in [2.05, 4.69) is 10.3 Å². The van der Waals surface area contributed by atoms with Gasteiger partial charge in [-0.05, 0) is 24.3 Å². The number of urea groups is 1. The summed E-state index contributed by atoms with van der Waals surface area (Å²) in [5.74, 6) is -0.222. The van der Waals surface area contributed by atoms with Gasteiger partial charge in [-0.1, -0.05) is 24.3 Å². The minimum atomic E-state index is -4.54. The third-order valence-electron chi connectivity index (χ3n) is 4.09. The van der Waals surface area contributed by atoms with Gasteiger partial charge in [0.05, 0.1) is 12.2 Å². The zero-order valence-corrected chi connectivity index (χ0v) is 14.2. The van der Waals surface area contributed by atoms with Crippen LogP contribution < -0.4 is 10.2 Å². The van der Waals surface area contributed by atoms with Crippen LogP contribution in [0.15, 0.2) is 48.5 Å². The number of nitrogens with zero attached hydrogens (tertiary/aromatic N) is 3. The fourth-order valence-electron chi connectivity index (χ4n) is 2.74. The van der Waals surface area contributed by atoms with Gasteiger partial charge in [-0.25, -0.2) is 9.78 Å². The Kier molecular flexibility index (Phi) is 5.29. The van der Waals surface area contributed by atoms with E-state index in [9.17, 15) is 22.8 Å². The third kappa shape index (κ3) is 4.55. The summed E-state index contributed by atoms with van der Waals surface area (Å²) in [4.78, 5) is 31.0. The van der Waals surface area contributed by atoms with E-state index in [0.717, 1.165) is 11.8 Å². The Bertz CT molecular complexity index is 827. The summed E-state index contributed by atoms with van der Waals surface area (Å²) >= 11 is 0. The van der Waals surface area contributed by atoms with E-state index in [1.165, 1.54) is 17.0 Å². The molecule has 0 atom stereocenters. The van der Waals surface area contributed by atoms with Crippen LogP contribution in [0.25, 0.3) is 0 Å². The quantitative estimate of drug-likeness (QED) is 0.893. The lowest BCUT2D eigenvalue weighted by molar-refractivity contribution is -0.141. The number of halogens is 3. The van der Waals surface area contributed by atoms with Crippen LogP contribution in [0.5, 0.6) is 0 Å². The standard InChI is InChI=1S/C18H17F3N4O2/c19-18(20,21)15-8-4-5-13(23-15)11-22-17(27)24-9-10-25(16(26)12-24)14-6-2-1-3-7-14/h1-8H,9-12H2,(H,22,27). The maximum Gasteiger partial charge on any atom is 0.433 e. The van der Waals surface area contributed by atoms with Crippen LogP contribution in [-0.4, -0.2) is 41.5 Å². The summed E-state index contributed by atoms with van der Waals surface area (Å²) < 4.78 is 38.0. The van der Waals surface area contributed by atoms with E-state index in [4.69, 9.17) is 0 Å². The largest absolute Gasteiger partial charge is 0.433 e. The van der Waals surface area contributed by atoms with Gasteiger partial charge in [-0.3, -0.25) is 4.79 Å². The van der Waals surface area contributed by atoms with E-state index < -0.39 is 17.9 Å². The number of nitrogens with one attached hydrogen (secondary N) is 1. The van der Waals surface area contributed by atoms with Crippen LogP contribution in [0.4, 0.5) is 23.7 Å². The average molecular weight is 378 g/mol. The smallest absolute Gasteiger partial charge is 0.332 e. The van der Waals surface area contributed by atoms with Gasteiger partial charge < -0.3 is 15.1 Å². The predicted molar refractivity (Wildman–Crippen MR) is 91.8 cm³/mol. The van der Waals surface area contributed by atoms with Gasteiger partial charge in [-0.2, -0.15) is 13.2 Å². The van der Waals surface area contributed by atoms with Crippen molar-refractivity contribution in [2.75, 3.05) is 24.5 Å². The lowest BCUT2D eigenvalue weighted by Gasteiger charge is -2.34. The van der Waals surface area contributed by atoms with Crippen molar-refractivity contribution in [1.29, 1.82) is 0 Å². The molecule has 1 aliphatic heterocycles. The number of piperazine rings is 1. The molecule has 27 heavy (non-hydrogen) atoms. The minimum Gasteiger partial charge on any atom is -0.332 e. The normalized spacial score (nSPS) is 15.0. The summed E-state index contributed by atoms with van der Waals surface area (Å²) in [6.45, 7) is 0.410. The summed E-state index contributed by atoms with van der Waals surface area (Å²) in [7, 11) is 0. The molecule has 9 heteroatoms. The Balaban J connectivity index is 1.56. The van der Waals surface area contributed by atoms with Gasteiger partial charge in [0.1, 0.15) is 12.2 Å². The number of alkyl halides is 3. The highest BCUT2D eigenvalue weighted by Crippen LogP contribution is 2.27. The topological polar surface area (TPSA) is 65.5 Å². The molecule has 1 aromatic heterocycles. The number of hydrogen-bond acceptors (Lipinski definition) is 3. The molecule has 0 spiro atoms. The lowest BCUT2D eigenvalue weighted by Crippen LogP contribution is -2.54. The molecule has 3 rings (SSSR count). The van der Waals surface area contributed by atoms with E-state index in [0.29, 0.717) is 13.1 Å². The number of benzene rings is 1. The third-order valence-corrected chi connectivity index (χ3v) is 4.09. The number of aromatic nitrogens is 1. The van der Waals surface area contributed by atoms with Gasteiger partial charge in [0.15, 0.2) is 0 Å². The van der Waals surface area contributed by atoms with Crippen LogP contribution >= 0.6 is 0 Å². The molecule has 2 aromatic rings. The minimum absolute atomic E-state index is 0.0902. The van der Waals surface area contributed by atoms with Crippen molar-refractivity contribution in [3.8, 4) is 0 Å². The molecular formula is C18H17F3N4O2. The predicted octanol–water partition coefficient (Wildman–Crippen LogP) is 2.66. The lowest BCUT2D eigenvalue weighted by atomic mass is 10.2. The Labute approximate surface area is 153 Å². The van der Waals surface area contributed by atoms with Gasteiger partial charge in [0, 0.05) is 18.8 Å². The van der Waals surface area contributed by atoms with E-state index in [-0.39, 0.29) is 24.7 Å². The maximum atomic E-state index is 12.7. The first-order valence-electron chi connectivity index (χ1n) is 8.26. The fourth-order valence-corrected chi connectivity index (χ4v) is 2.74. The molecule has 3 amide bonds. The van der Waals surface area contributed by atoms with Crippen molar-refractivity contribution >= 4 is 17.6 Å². The van der Waals surface area contributed by atoms with Crippen LogP contribution in [0, 0.1) is 0 Å². The molecule has 142 valence electrons. The number of pyridine rings is 1. The molecule has 0 unspecified atom stereocenters. The molecule has 1 aliphatic rings. The van der Waals surface area contributed by atoms with Crippen LogP contribution in [-0.2, 0) is 17.5 Å². The zero-order valence-electron chi connectivity index (χ0n) is 14.2. The second-order valence-corrected chi connectivity index (χ2v) is 5.97. The number of amides is 3. The average Bonchev–Trinajstić information content (AvgIpc) is 2.66. The number of rotatable bonds is 3. The van der Waals surface area contributed by atoms with E-state index in [1.807, 2.05) is 30.3 Å². The SMILES string of the molecule is O=C(NCc1cccc(C(F)(F)F)n1)N1CCN(c2ccccc2)C(=O)C1. The first-order valence-corrected chi connectivity index (χ1v) is 8.26. The van der Waals surface area contributed by atoms with Crippen LogP contribution in [0.2, 0.25) is 0 Å². The number of carbonyl (C=O) groups excluding carboxylic acids is 2. The van der Waals surface area contributed by atoms with Crippen molar-refractivity contribution in [2.45, 2.75) is 12.7 Å². The van der Waals surface area contributed by atoms with Crippen molar-refractivity contribution in [1.82, 2.24) is 15.2 Å². The van der Waals surface area contributed by atoms with Crippen LogP contribution in [0.1, 0.15) is 11.4 Å². The fraction of sp³-hybridized carbons (Fsp3) is 0.278. The highest BCUT2D eigenvalue weighted by Gasteiger charge is 2.32. The monoisotopic (exact) mass is 378 g/mol. The second-order valence-electron chi connectivity index (χ2n) is 5.97. The second kappa shape index (κ2) is 7.65. The number of hydrogen-bond donors (Lipinski definition) is 1. The van der Waals surface area contributed by atoms with E-state index >= 15 is 0 Å². The molecule has 1 saturated heterocycles. The van der Waals surface area contributed by atoms with Crippen molar-refractivity contribution in [3.63, 3.8) is 0 Å². The van der Waals surface area contributed by atoms with Crippen molar-refractivity contribution in [2.24, 2.45) is 0 Å². The zero-order chi connectivity index (χ0) is 19.4. The number of anilines is 1. The molecule has 2 heterocycles. The summed E-state index contributed by atoms with van der Waals surface area (Å²) in [5, 5.41) is 2.51. The van der Waals surface area contributed by atoms with Crippen molar-refractivity contribution < 1.29 is 22.8 Å². The molecule has 0 saturated carbocycles. The molecule has 1 aromatic carbocycles. The molecule has 0 radical (unpaired) electrons. The highest BCUT2D eigenvalue weighted by atomic mass is 19.4. The highest BCUT2D eigenvalue weighted by molar-refractivity contribution is 5.97. The van der Waals surface area contributed by atoms with Gasteiger partial charge in [0.2, 0.25) is 5.91 Å². The van der Waals surface area contributed by atoms with E-state index in [1.54, 1.807) is 4.90 Å². The van der Waals surface area contributed by atoms with Gasteiger partial charge in [0.25, 0.3) is 0 Å². The molecule has 1 N–H and O–H groups in total. The molecule has 1 fully saturated rings.